The molecule has 3 unspecified atom stereocenters. The minimum absolute atomic E-state index is 0.172. The van der Waals surface area contributed by atoms with E-state index in [0.717, 1.165) is 12.1 Å². The molecule has 0 aromatic heterocycles. The number of aliphatic hydroxyl groups is 1. The lowest BCUT2D eigenvalue weighted by molar-refractivity contribution is -0.127. The lowest BCUT2D eigenvalue weighted by atomic mass is 10.0. The second kappa shape index (κ2) is 5.38. The third kappa shape index (κ3) is 3.00. The topological polar surface area (TPSA) is 49.3 Å². The number of nitrogens with one attached hydrogen (secondary N) is 1. The van der Waals surface area contributed by atoms with Gasteiger partial charge in [0.05, 0.1) is 17.6 Å². The van der Waals surface area contributed by atoms with Crippen LogP contribution in [-0.2, 0) is 4.79 Å². The van der Waals surface area contributed by atoms with Gasteiger partial charge >= 0.3 is 0 Å². The molecule has 3 atom stereocenters. The van der Waals surface area contributed by atoms with Gasteiger partial charge in [-0.15, -0.1) is 23.2 Å². The lowest BCUT2D eigenvalue weighted by Crippen LogP contribution is -2.42. The summed E-state index contributed by atoms with van der Waals surface area (Å²) in [5.41, 5.74) is -0.733. The second-order valence-electron chi connectivity index (χ2n) is 5.59. The van der Waals surface area contributed by atoms with Crippen LogP contribution < -0.4 is 5.32 Å². The maximum atomic E-state index is 13.2. The average Bonchev–Trinajstić information content (AvgIpc) is 2.92. The molecule has 1 aromatic rings. The Hall–Kier alpha value is -0.910. The van der Waals surface area contributed by atoms with E-state index in [-0.39, 0.29) is 11.5 Å². The summed E-state index contributed by atoms with van der Waals surface area (Å²) in [7, 11) is 0. The molecule has 1 aromatic carbocycles. The van der Waals surface area contributed by atoms with Crippen LogP contribution in [0.4, 0.5) is 8.78 Å². The standard InChI is InChI=1S/C14H15Cl2F2NO2/c1-7(19-12(21)13(2)6-14(13,15)16)11(20)8-3-4-9(17)10(18)5-8/h3-5,7,11,20H,6H2,1-2H3,(H,19,21). The predicted molar refractivity (Wildman–Crippen MR) is 76.1 cm³/mol. The summed E-state index contributed by atoms with van der Waals surface area (Å²) in [4.78, 5) is 12.1. The Bertz CT molecular complexity index is 582. The number of benzene rings is 1. The third-order valence-electron chi connectivity index (χ3n) is 3.88. The highest BCUT2D eigenvalue weighted by Crippen LogP contribution is 2.63. The van der Waals surface area contributed by atoms with E-state index in [1.165, 1.54) is 6.07 Å². The number of rotatable bonds is 4. The summed E-state index contributed by atoms with van der Waals surface area (Å²) in [6.45, 7) is 3.18. The van der Waals surface area contributed by atoms with Crippen LogP contribution >= 0.6 is 23.2 Å². The Morgan fingerprint density at radius 2 is 1.95 bits per heavy atom. The van der Waals surface area contributed by atoms with Crippen molar-refractivity contribution >= 4 is 29.1 Å². The summed E-state index contributed by atoms with van der Waals surface area (Å²) in [6.07, 6.45) is -0.852. The van der Waals surface area contributed by atoms with Crippen LogP contribution in [0, 0.1) is 17.0 Å². The molecule has 1 saturated carbocycles. The number of hydrogen-bond acceptors (Lipinski definition) is 2. The number of aliphatic hydroxyl groups excluding tert-OH is 1. The number of hydrogen-bond donors (Lipinski definition) is 2. The summed E-state index contributed by atoms with van der Waals surface area (Å²) < 4.78 is 24.9. The van der Waals surface area contributed by atoms with Crippen molar-refractivity contribution in [1.82, 2.24) is 5.32 Å². The minimum Gasteiger partial charge on any atom is -0.386 e. The predicted octanol–water partition coefficient (Wildman–Crippen LogP) is 3.09. The molecule has 1 aliphatic rings. The minimum atomic E-state index is -1.17. The molecule has 1 fully saturated rings. The zero-order valence-corrected chi connectivity index (χ0v) is 13.0. The molecule has 2 N–H and O–H groups in total. The van der Waals surface area contributed by atoms with Gasteiger partial charge in [0, 0.05) is 0 Å². The molecule has 0 bridgehead atoms. The molecule has 1 aliphatic carbocycles. The molecular formula is C14H15Cl2F2NO2. The van der Waals surface area contributed by atoms with E-state index in [4.69, 9.17) is 23.2 Å². The van der Waals surface area contributed by atoms with Crippen molar-refractivity contribution in [3.63, 3.8) is 0 Å². The number of halogens is 4. The van der Waals surface area contributed by atoms with E-state index < -0.39 is 33.5 Å². The summed E-state index contributed by atoms with van der Waals surface area (Å²) >= 11 is 11.8. The quantitative estimate of drug-likeness (QED) is 0.829. The average molecular weight is 338 g/mol. The van der Waals surface area contributed by atoms with Crippen molar-refractivity contribution in [1.29, 1.82) is 0 Å². The molecule has 0 spiro atoms. The van der Waals surface area contributed by atoms with Crippen LogP contribution in [0.25, 0.3) is 0 Å². The molecule has 0 aliphatic heterocycles. The molecule has 1 amide bonds. The van der Waals surface area contributed by atoms with Crippen molar-refractivity contribution in [3.05, 3.63) is 35.4 Å². The van der Waals surface area contributed by atoms with Gasteiger partial charge in [-0.25, -0.2) is 8.78 Å². The van der Waals surface area contributed by atoms with Crippen molar-refractivity contribution in [3.8, 4) is 0 Å². The van der Waals surface area contributed by atoms with Gasteiger partial charge < -0.3 is 10.4 Å². The maximum absolute atomic E-state index is 13.2. The fourth-order valence-electron chi connectivity index (χ4n) is 2.08. The van der Waals surface area contributed by atoms with Crippen molar-refractivity contribution in [2.45, 2.75) is 36.7 Å². The van der Waals surface area contributed by atoms with E-state index in [2.05, 4.69) is 5.32 Å². The van der Waals surface area contributed by atoms with Gasteiger partial charge in [0.15, 0.2) is 11.6 Å². The normalized spacial score (nSPS) is 26.0. The number of carbonyl (C=O) groups excluding carboxylic acids is 1. The lowest BCUT2D eigenvalue weighted by Gasteiger charge is -2.23. The van der Waals surface area contributed by atoms with Gasteiger partial charge in [-0.1, -0.05) is 6.07 Å². The van der Waals surface area contributed by atoms with Gasteiger partial charge in [0.2, 0.25) is 5.91 Å². The molecule has 0 radical (unpaired) electrons. The molecular weight excluding hydrogens is 323 g/mol. The monoisotopic (exact) mass is 337 g/mol. The van der Waals surface area contributed by atoms with Gasteiger partial charge in [-0.05, 0) is 38.0 Å². The molecule has 3 nitrogen and oxygen atoms in total. The number of alkyl halides is 2. The first kappa shape index (κ1) is 16.5. The Labute approximate surface area is 131 Å². The van der Waals surface area contributed by atoms with E-state index in [1.807, 2.05) is 0 Å². The van der Waals surface area contributed by atoms with Crippen molar-refractivity contribution in [2.24, 2.45) is 5.41 Å². The van der Waals surface area contributed by atoms with Crippen molar-refractivity contribution in [2.75, 3.05) is 0 Å². The summed E-state index contributed by atoms with van der Waals surface area (Å²) in [6, 6.07) is 2.38. The fraction of sp³-hybridized carbons (Fsp3) is 0.500. The first-order valence-electron chi connectivity index (χ1n) is 6.40. The zero-order chi connectivity index (χ0) is 16.0. The maximum Gasteiger partial charge on any atom is 0.229 e. The Morgan fingerprint density at radius 3 is 2.43 bits per heavy atom. The Kier molecular flexibility index (Phi) is 4.21. The number of amides is 1. The third-order valence-corrected chi connectivity index (χ3v) is 4.98. The van der Waals surface area contributed by atoms with Crippen LogP contribution in [-0.4, -0.2) is 21.4 Å². The summed E-state index contributed by atoms with van der Waals surface area (Å²) in [5, 5.41) is 12.7. The first-order chi connectivity index (χ1) is 9.58. The zero-order valence-electron chi connectivity index (χ0n) is 11.5. The summed E-state index contributed by atoms with van der Waals surface area (Å²) in [5.74, 6) is -2.44. The van der Waals surface area contributed by atoms with Crippen LogP contribution in [0.5, 0.6) is 0 Å². The van der Waals surface area contributed by atoms with Gasteiger partial charge in [-0.2, -0.15) is 0 Å². The Morgan fingerprint density at radius 1 is 1.38 bits per heavy atom. The molecule has 116 valence electrons. The number of carbonyl (C=O) groups is 1. The van der Waals surface area contributed by atoms with E-state index >= 15 is 0 Å². The van der Waals surface area contributed by atoms with Crippen molar-refractivity contribution < 1.29 is 18.7 Å². The Balaban J connectivity index is 2.05. The first-order valence-corrected chi connectivity index (χ1v) is 7.16. The fourth-order valence-corrected chi connectivity index (χ4v) is 2.78. The van der Waals surface area contributed by atoms with Crippen LogP contribution in [0.3, 0.4) is 0 Å². The SMILES string of the molecule is CC(NC(=O)C1(C)CC1(Cl)Cl)C(O)c1ccc(F)c(F)c1. The van der Waals surface area contributed by atoms with E-state index in [9.17, 15) is 18.7 Å². The largest absolute Gasteiger partial charge is 0.386 e. The van der Waals surface area contributed by atoms with E-state index in [0.29, 0.717) is 6.42 Å². The van der Waals surface area contributed by atoms with Gasteiger partial charge in [0.25, 0.3) is 0 Å². The highest BCUT2D eigenvalue weighted by atomic mass is 35.5. The highest BCUT2D eigenvalue weighted by molar-refractivity contribution is 6.53. The van der Waals surface area contributed by atoms with Crippen LogP contribution in [0.15, 0.2) is 18.2 Å². The molecule has 7 heteroatoms. The molecule has 0 heterocycles. The van der Waals surface area contributed by atoms with Gasteiger partial charge in [0.1, 0.15) is 4.33 Å². The molecule has 0 saturated heterocycles. The second-order valence-corrected chi connectivity index (χ2v) is 7.08. The molecule has 21 heavy (non-hydrogen) atoms. The van der Waals surface area contributed by atoms with Gasteiger partial charge in [-0.3, -0.25) is 4.79 Å². The highest BCUT2D eigenvalue weighted by Gasteiger charge is 2.68. The van der Waals surface area contributed by atoms with E-state index in [1.54, 1.807) is 13.8 Å². The smallest absolute Gasteiger partial charge is 0.229 e. The van der Waals surface area contributed by atoms with Crippen LogP contribution in [0.1, 0.15) is 31.9 Å². The van der Waals surface area contributed by atoms with Crippen LogP contribution in [0.2, 0.25) is 0 Å². The molecule has 2 rings (SSSR count).